The van der Waals surface area contributed by atoms with Crippen molar-refractivity contribution >= 4 is 11.9 Å². The summed E-state index contributed by atoms with van der Waals surface area (Å²) in [6, 6.07) is -0.716. The maximum absolute atomic E-state index is 10.1. The van der Waals surface area contributed by atoms with Crippen LogP contribution in [0.15, 0.2) is 36.5 Å². The van der Waals surface area contributed by atoms with Gasteiger partial charge in [-0.2, -0.15) is 0 Å². The van der Waals surface area contributed by atoms with Crippen molar-refractivity contribution in [3.63, 3.8) is 0 Å². The molecule has 0 aromatic rings. The number of hydrogen-bond acceptors (Lipinski definition) is 4. The molecule has 0 fully saturated rings. The van der Waals surface area contributed by atoms with E-state index in [0.717, 1.165) is 18.9 Å². The lowest BCUT2D eigenvalue weighted by atomic mass is 10.1. The van der Waals surface area contributed by atoms with Crippen molar-refractivity contribution in [2.75, 3.05) is 6.54 Å². The third-order valence-electron chi connectivity index (χ3n) is 2.05. The number of carbonyl (C=O) groups is 2. The fourth-order valence-electron chi connectivity index (χ4n) is 1.01. The van der Waals surface area contributed by atoms with Crippen molar-refractivity contribution in [1.82, 2.24) is 0 Å². The van der Waals surface area contributed by atoms with E-state index in [1.807, 2.05) is 19.1 Å². The van der Waals surface area contributed by atoms with Gasteiger partial charge in [0.25, 0.3) is 0 Å². The van der Waals surface area contributed by atoms with Gasteiger partial charge >= 0.3 is 11.9 Å². The summed E-state index contributed by atoms with van der Waals surface area (Å²) in [7, 11) is 0. The van der Waals surface area contributed by atoms with Crippen molar-refractivity contribution in [3.8, 4) is 0 Å². The van der Waals surface area contributed by atoms with Crippen molar-refractivity contribution < 1.29 is 19.8 Å². The van der Waals surface area contributed by atoms with Crippen LogP contribution < -0.4 is 11.5 Å². The highest BCUT2D eigenvalue weighted by molar-refractivity contribution is 5.80. The van der Waals surface area contributed by atoms with E-state index in [1.165, 1.54) is 6.08 Å². The maximum Gasteiger partial charge on any atom is 0.328 e. The molecule has 20 heavy (non-hydrogen) atoms. The first kappa shape index (κ1) is 20.4. The van der Waals surface area contributed by atoms with Crippen molar-refractivity contribution in [2.24, 2.45) is 11.5 Å². The Morgan fingerprint density at radius 3 is 2.15 bits per heavy atom. The predicted octanol–water partition coefficient (Wildman–Crippen LogP) is 1.29. The van der Waals surface area contributed by atoms with Crippen LogP contribution in [-0.4, -0.2) is 34.7 Å². The summed E-state index contributed by atoms with van der Waals surface area (Å²) in [5.41, 5.74) is 10.4. The SMILES string of the molecule is CC=CC=CC=CC(=O)O.NCCCC[C@H](N)C(=O)O. The van der Waals surface area contributed by atoms with E-state index in [9.17, 15) is 9.59 Å². The molecule has 0 radical (unpaired) electrons. The Morgan fingerprint density at radius 2 is 1.70 bits per heavy atom. The quantitative estimate of drug-likeness (QED) is 0.302. The molecule has 114 valence electrons. The topological polar surface area (TPSA) is 127 Å². The van der Waals surface area contributed by atoms with Gasteiger partial charge in [0, 0.05) is 6.08 Å². The number of aliphatic carboxylic acids is 2. The lowest BCUT2D eigenvalue weighted by Gasteiger charge is -2.03. The second kappa shape index (κ2) is 15.1. The summed E-state index contributed by atoms with van der Waals surface area (Å²) in [4.78, 5) is 20.0. The zero-order valence-electron chi connectivity index (χ0n) is 11.7. The van der Waals surface area contributed by atoms with Crippen LogP contribution in [0.25, 0.3) is 0 Å². The molecule has 0 saturated carbocycles. The smallest absolute Gasteiger partial charge is 0.328 e. The number of unbranched alkanes of at least 4 members (excludes halogenated alkanes) is 1. The first-order chi connectivity index (χ1) is 9.45. The fraction of sp³-hybridized carbons (Fsp3) is 0.429. The Morgan fingerprint density at radius 1 is 1.10 bits per heavy atom. The minimum atomic E-state index is -0.933. The lowest BCUT2D eigenvalue weighted by Crippen LogP contribution is -2.29. The Labute approximate surface area is 119 Å². The van der Waals surface area contributed by atoms with Crippen molar-refractivity contribution in [3.05, 3.63) is 36.5 Å². The number of rotatable bonds is 8. The van der Waals surface area contributed by atoms with E-state index >= 15 is 0 Å². The molecule has 6 N–H and O–H groups in total. The molecule has 0 aliphatic rings. The van der Waals surface area contributed by atoms with E-state index in [4.69, 9.17) is 21.7 Å². The maximum atomic E-state index is 10.1. The van der Waals surface area contributed by atoms with Gasteiger partial charge < -0.3 is 21.7 Å². The molecule has 0 heterocycles. The average molecular weight is 284 g/mol. The second-order valence-corrected chi connectivity index (χ2v) is 3.84. The molecule has 0 amide bonds. The second-order valence-electron chi connectivity index (χ2n) is 3.84. The number of carboxylic acid groups (broad SMARTS) is 2. The number of nitrogens with two attached hydrogens (primary N) is 2. The summed E-state index contributed by atoms with van der Waals surface area (Å²) in [6.45, 7) is 2.50. The molecule has 0 rings (SSSR count). The van der Waals surface area contributed by atoms with E-state index in [-0.39, 0.29) is 0 Å². The van der Waals surface area contributed by atoms with Gasteiger partial charge in [-0.3, -0.25) is 4.79 Å². The third-order valence-corrected chi connectivity index (χ3v) is 2.05. The van der Waals surface area contributed by atoms with Crippen LogP contribution in [-0.2, 0) is 9.59 Å². The van der Waals surface area contributed by atoms with Gasteiger partial charge in [0.2, 0.25) is 0 Å². The molecule has 0 aromatic carbocycles. The number of hydrogen-bond donors (Lipinski definition) is 4. The van der Waals surface area contributed by atoms with Crippen LogP contribution in [0.3, 0.4) is 0 Å². The monoisotopic (exact) mass is 284 g/mol. The zero-order chi connectivity index (χ0) is 15.8. The molecule has 1 atom stereocenters. The normalized spacial score (nSPS) is 12.6. The van der Waals surface area contributed by atoms with Crippen LogP contribution in [0, 0.1) is 0 Å². The van der Waals surface area contributed by atoms with Crippen LogP contribution in [0.4, 0.5) is 0 Å². The first-order valence-corrected chi connectivity index (χ1v) is 6.33. The molecule has 0 aromatic heterocycles. The van der Waals surface area contributed by atoms with Crippen LogP contribution in [0.2, 0.25) is 0 Å². The number of carboxylic acids is 2. The minimum Gasteiger partial charge on any atom is -0.480 e. The van der Waals surface area contributed by atoms with E-state index < -0.39 is 18.0 Å². The largest absolute Gasteiger partial charge is 0.480 e. The molecule has 0 saturated heterocycles. The molecule has 0 bridgehead atoms. The van der Waals surface area contributed by atoms with E-state index in [0.29, 0.717) is 13.0 Å². The van der Waals surface area contributed by atoms with Gasteiger partial charge in [-0.15, -0.1) is 0 Å². The van der Waals surface area contributed by atoms with Crippen LogP contribution >= 0.6 is 0 Å². The Kier molecular flexibility index (Phi) is 15.4. The zero-order valence-corrected chi connectivity index (χ0v) is 11.7. The molecule has 0 unspecified atom stereocenters. The predicted molar refractivity (Wildman–Crippen MR) is 79.2 cm³/mol. The van der Waals surface area contributed by atoms with Gasteiger partial charge in [-0.05, 0) is 26.3 Å². The summed E-state index contributed by atoms with van der Waals surface area (Å²) >= 11 is 0. The first-order valence-electron chi connectivity index (χ1n) is 6.33. The van der Waals surface area contributed by atoms with Gasteiger partial charge in [0.1, 0.15) is 6.04 Å². The molecule has 0 aliphatic heterocycles. The summed E-state index contributed by atoms with van der Waals surface area (Å²) < 4.78 is 0. The molecule has 0 spiro atoms. The van der Waals surface area contributed by atoms with Gasteiger partial charge in [0.15, 0.2) is 0 Å². The van der Waals surface area contributed by atoms with E-state index in [2.05, 4.69) is 0 Å². The molecule has 6 nitrogen and oxygen atoms in total. The third kappa shape index (κ3) is 18.4. The van der Waals surface area contributed by atoms with Crippen LogP contribution in [0.1, 0.15) is 26.2 Å². The Bertz CT molecular complexity index is 349. The summed E-state index contributed by atoms with van der Waals surface area (Å²) in [6.07, 6.45) is 11.8. The highest BCUT2D eigenvalue weighted by Crippen LogP contribution is 1.96. The van der Waals surface area contributed by atoms with Gasteiger partial charge in [-0.25, -0.2) is 4.79 Å². The summed E-state index contributed by atoms with van der Waals surface area (Å²) in [5.74, 6) is -1.86. The lowest BCUT2D eigenvalue weighted by molar-refractivity contribution is -0.138. The van der Waals surface area contributed by atoms with E-state index in [1.54, 1.807) is 12.2 Å². The van der Waals surface area contributed by atoms with Crippen molar-refractivity contribution in [2.45, 2.75) is 32.2 Å². The molecular formula is C14H24N2O4. The van der Waals surface area contributed by atoms with Crippen molar-refractivity contribution in [1.29, 1.82) is 0 Å². The Hall–Kier alpha value is -1.92. The highest BCUT2D eigenvalue weighted by Gasteiger charge is 2.09. The fourth-order valence-corrected chi connectivity index (χ4v) is 1.01. The highest BCUT2D eigenvalue weighted by atomic mass is 16.4. The average Bonchev–Trinajstić information content (AvgIpc) is 2.39. The standard InChI is InChI=1S/C8H10O2.C6H14N2O2/c1-2-3-4-5-6-7-8(9)10;7-4-2-1-3-5(8)6(9)10/h2-7H,1H3,(H,9,10);5H,1-4,7-8H2,(H,9,10)/t;5-/m.0/s1. The Balaban J connectivity index is 0. The number of allylic oxidation sites excluding steroid dienone is 5. The minimum absolute atomic E-state index is 0.520. The molecule has 6 heteroatoms. The molecular weight excluding hydrogens is 260 g/mol. The summed E-state index contributed by atoms with van der Waals surface area (Å²) in [5, 5.41) is 16.5. The van der Waals surface area contributed by atoms with Gasteiger partial charge in [0.05, 0.1) is 0 Å². The van der Waals surface area contributed by atoms with Crippen LogP contribution in [0.5, 0.6) is 0 Å². The molecule has 0 aliphatic carbocycles. The van der Waals surface area contributed by atoms with Gasteiger partial charge in [-0.1, -0.05) is 36.8 Å².